The number of nitrogens with one attached hydrogen (secondary N) is 1. The van der Waals surface area contributed by atoms with Crippen LogP contribution in [-0.2, 0) is 5.41 Å². The van der Waals surface area contributed by atoms with Crippen molar-refractivity contribution in [2.45, 2.75) is 26.2 Å². The Morgan fingerprint density at radius 3 is 2.36 bits per heavy atom. The summed E-state index contributed by atoms with van der Waals surface area (Å²) in [5, 5.41) is 14.6. The molecule has 0 bridgehead atoms. The normalized spacial score (nSPS) is 11.6. The molecule has 114 valence electrons. The largest absolute Gasteiger partial charge is 0.287 e. The van der Waals surface area contributed by atoms with Crippen molar-refractivity contribution in [3.8, 4) is 0 Å². The smallest absolute Gasteiger partial charge is 0.261 e. The molecular weight excluding hydrogens is 280 g/mol. The first-order valence-corrected chi connectivity index (χ1v) is 6.86. The van der Waals surface area contributed by atoms with Gasteiger partial charge in [-0.3, -0.25) is 15.5 Å². The van der Waals surface area contributed by atoms with Crippen molar-refractivity contribution in [2.75, 3.05) is 5.43 Å². The Balaban J connectivity index is 1.99. The molecule has 0 saturated carbocycles. The molecule has 6 nitrogen and oxygen atoms in total. The zero-order valence-electron chi connectivity index (χ0n) is 12.8. The predicted molar refractivity (Wildman–Crippen MR) is 87.3 cm³/mol. The Bertz CT molecular complexity index is 671. The second-order valence-corrected chi connectivity index (χ2v) is 5.90. The van der Waals surface area contributed by atoms with Crippen LogP contribution in [0.25, 0.3) is 0 Å². The zero-order valence-corrected chi connectivity index (χ0v) is 12.8. The standard InChI is InChI=1S/C16H18N4O2/c1-16(2,3)13-6-4-12(5-7-13)10-18-19-15-9-8-14(11-17-15)20(21)22/h4-11H,1-3H3,(H,17,19)/b18-10+. The SMILES string of the molecule is CC(C)(C)c1ccc(/C=N/Nc2ccc([N+](=O)[O-])cn2)cc1. The molecule has 0 radical (unpaired) electrons. The number of rotatable bonds is 4. The van der Waals surface area contributed by atoms with Gasteiger partial charge >= 0.3 is 0 Å². The van der Waals surface area contributed by atoms with Crippen LogP contribution in [0.2, 0.25) is 0 Å². The molecule has 0 atom stereocenters. The minimum atomic E-state index is -0.489. The van der Waals surface area contributed by atoms with E-state index in [4.69, 9.17) is 0 Å². The molecule has 1 aromatic carbocycles. The van der Waals surface area contributed by atoms with Crippen molar-refractivity contribution >= 4 is 17.7 Å². The molecule has 0 saturated heterocycles. The fraction of sp³-hybridized carbons (Fsp3) is 0.250. The van der Waals surface area contributed by atoms with Crippen LogP contribution in [0, 0.1) is 10.1 Å². The molecular formula is C16H18N4O2. The fourth-order valence-electron chi connectivity index (χ4n) is 1.80. The molecule has 0 fully saturated rings. The zero-order chi connectivity index (χ0) is 16.2. The average Bonchev–Trinajstić information content (AvgIpc) is 2.47. The van der Waals surface area contributed by atoms with Crippen LogP contribution in [0.15, 0.2) is 47.7 Å². The second-order valence-electron chi connectivity index (χ2n) is 5.90. The molecule has 2 rings (SSSR count). The summed E-state index contributed by atoms with van der Waals surface area (Å²) >= 11 is 0. The van der Waals surface area contributed by atoms with Gasteiger partial charge in [-0.2, -0.15) is 5.10 Å². The Kier molecular flexibility index (Phi) is 4.50. The van der Waals surface area contributed by atoms with E-state index >= 15 is 0 Å². The Labute approximate surface area is 129 Å². The van der Waals surface area contributed by atoms with E-state index in [9.17, 15) is 10.1 Å². The van der Waals surface area contributed by atoms with Crippen LogP contribution in [-0.4, -0.2) is 16.1 Å². The van der Waals surface area contributed by atoms with Gasteiger partial charge in [0.15, 0.2) is 0 Å². The lowest BCUT2D eigenvalue weighted by Crippen LogP contribution is -2.10. The number of nitrogens with zero attached hydrogens (tertiary/aromatic N) is 3. The maximum atomic E-state index is 10.5. The van der Waals surface area contributed by atoms with Crippen LogP contribution >= 0.6 is 0 Å². The minimum absolute atomic E-state index is 0.0488. The van der Waals surface area contributed by atoms with E-state index in [1.54, 1.807) is 6.21 Å². The third kappa shape index (κ3) is 4.12. The molecule has 0 spiro atoms. The van der Waals surface area contributed by atoms with E-state index in [1.165, 1.54) is 23.9 Å². The first-order chi connectivity index (χ1) is 10.4. The number of pyridine rings is 1. The number of hydrogen-bond acceptors (Lipinski definition) is 5. The van der Waals surface area contributed by atoms with E-state index in [0.29, 0.717) is 5.82 Å². The molecule has 1 N–H and O–H groups in total. The number of hydrazone groups is 1. The molecule has 0 aliphatic heterocycles. The van der Waals surface area contributed by atoms with Crippen molar-refractivity contribution in [1.82, 2.24) is 4.98 Å². The molecule has 1 aromatic heterocycles. The average molecular weight is 298 g/mol. The van der Waals surface area contributed by atoms with Crippen LogP contribution in [0.1, 0.15) is 31.9 Å². The van der Waals surface area contributed by atoms with Crippen LogP contribution in [0.4, 0.5) is 11.5 Å². The van der Waals surface area contributed by atoms with E-state index in [2.05, 4.69) is 48.4 Å². The molecule has 0 amide bonds. The van der Waals surface area contributed by atoms with Gasteiger partial charge in [0.1, 0.15) is 12.0 Å². The van der Waals surface area contributed by atoms with Crippen molar-refractivity contribution in [2.24, 2.45) is 5.10 Å². The highest BCUT2D eigenvalue weighted by Crippen LogP contribution is 2.21. The van der Waals surface area contributed by atoms with Crippen molar-refractivity contribution in [3.63, 3.8) is 0 Å². The molecule has 0 aliphatic carbocycles. The molecule has 0 aliphatic rings. The summed E-state index contributed by atoms with van der Waals surface area (Å²) in [5.74, 6) is 0.452. The highest BCUT2D eigenvalue weighted by molar-refractivity contribution is 5.80. The van der Waals surface area contributed by atoms with Crippen LogP contribution in [0.3, 0.4) is 0 Å². The number of anilines is 1. The molecule has 0 unspecified atom stereocenters. The van der Waals surface area contributed by atoms with Gasteiger partial charge in [0.05, 0.1) is 11.1 Å². The highest BCUT2D eigenvalue weighted by Gasteiger charge is 2.12. The summed E-state index contributed by atoms with van der Waals surface area (Å²) in [5.41, 5.74) is 5.03. The lowest BCUT2D eigenvalue weighted by Gasteiger charge is -2.18. The highest BCUT2D eigenvalue weighted by atomic mass is 16.6. The topological polar surface area (TPSA) is 80.4 Å². The maximum absolute atomic E-state index is 10.5. The van der Waals surface area contributed by atoms with Gasteiger partial charge in [-0.25, -0.2) is 4.98 Å². The lowest BCUT2D eigenvalue weighted by molar-refractivity contribution is -0.385. The Hall–Kier alpha value is -2.76. The lowest BCUT2D eigenvalue weighted by atomic mass is 9.87. The van der Waals surface area contributed by atoms with Gasteiger partial charge in [-0.05, 0) is 22.6 Å². The maximum Gasteiger partial charge on any atom is 0.287 e. The van der Waals surface area contributed by atoms with Crippen LogP contribution in [0.5, 0.6) is 0 Å². The first kappa shape index (κ1) is 15.6. The van der Waals surface area contributed by atoms with Gasteiger partial charge in [0.25, 0.3) is 5.69 Å². The van der Waals surface area contributed by atoms with Gasteiger partial charge in [-0.1, -0.05) is 45.0 Å². The van der Waals surface area contributed by atoms with E-state index < -0.39 is 4.92 Å². The summed E-state index contributed by atoms with van der Waals surface area (Å²) in [7, 11) is 0. The van der Waals surface area contributed by atoms with E-state index in [-0.39, 0.29) is 11.1 Å². The third-order valence-electron chi connectivity index (χ3n) is 3.13. The van der Waals surface area contributed by atoms with Gasteiger partial charge in [0, 0.05) is 6.07 Å². The molecule has 22 heavy (non-hydrogen) atoms. The number of aromatic nitrogens is 1. The monoisotopic (exact) mass is 298 g/mol. The minimum Gasteiger partial charge on any atom is -0.261 e. The van der Waals surface area contributed by atoms with Gasteiger partial charge in [-0.15, -0.1) is 0 Å². The predicted octanol–water partition coefficient (Wildman–Crippen LogP) is 3.73. The summed E-state index contributed by atoms with van der Waals surface area (Å²) in [6.45, 7) is 6.49. The Morgan fingerprint density at radius 2 is 1.86 bits per heavy atom. The summed E-state index contributed by atoms with van der Waals surface area (Å²) in [6.07, 6.45) is 2.87. The first-order valence-electron chi connectivity index (χ1n) is 6.86. The quantitative estimate of drug-likeness (QED) is 0.530. The summed E-state index contributed by atoms with van der Waals surface area (Å²) in [4.78, 5) is 13.9. The van der Waals surface area contributed by atoms with Crippen molar-refractivity contribution in [1.29, 1.82) is 0 Å². The van der Waals surface area contributed by atoms with E-state index in [0.717, 1.165) is 5.56 Å². The Morgan fingerprint density at radius 1 is 1.18 bits per heavy atom. The number of benzene rings is 1. The molecule has 2 aromatic rings. The van der Waals surface area contributed by atoms with Crippen LogP contribution < -0.4 is 5.43 Å². The van der Waals surface area contributed by atoms with Crippen molar-refractivity contribution < 1.29 is 4.92 Å². The van der Waals surface area contributed by atoms with Gasteiger partial charge in [0.2, 0.25) is 0 Å². The second kappa shape index (κ2) is 6.34. The third-order valence-corrected chi connectivity index (χ3v) is 3.13. The van der Waals surface area contributed by atoms with Crippen molar-refractivity contribution in [3.05, 3.63) is 63.8 Å². The number of nitro groups is 1. The van der Waals surface area contributed by atoms with E-state index in [1.807, 2.05) is 12.1 Å². The van der Waals surface area contributed by atoms with Gasteiger partial charge < -0.3 is 0 Å². The number of hydrogen-bond donors (Lipinski definition) is 1. The summed E-state index contributed by atoms with van der Waals surface area (Å²) < 4.78 is 0. The molecule has 1 heterocycles. The molecule has 6 heteroatoms. The fourth-order valence-corrected chi connectivity index (χ4v) is 1.80. The summed E-state index contributed by atoms with van der Waals surface area (Å²) in [6, 6.07) is 11.0.